The van der Waals surface area contributed by atoms with E-state index >= 15 is 0 Å². The fourth-order valence-corrected chi connectivity index (χ4v) is 1.01. The van der Waals surface area contributed by atoms with Crippen molar-refractivity contribution in [2.45, 2.75) is 33.6 Å². The molecular formula is C12H18O2. The number of benzene rings is 1. The van der Waals surface area contributed by atoms with Crippen molar-refractivity contribution >= 4 is 5.97 Å². The van der Waals surface area contributed by atoms with Crippen molar-refractivity contribution in [1.82, 2.24) is 0 Å². The molecule has 0 unspecified atom stereocenters. The monoisotopic (exact) mass is 194 g/mol. The average molecular weight is 194 g/mol. The summed E-state index contributed by atoms with van der Waals surface area (Å²) in [5.74, 6) is -0.740. The van der Waals surface area contributed by atoms with Gasteiger partial charge < -0.3 is 5.11 Å². The van der Waals surface area contributed by atoms with Gasteiger partial charge in [-0.1, -0.05) is 43.7 Å². The van der Waals surface area contributed by atoms with Crippen LogP contribution in [0.5, 0.6) is 0 Å². The van der Waals surface area contributed by atoms with Crippen LogP contribution in [0, 0.1) is 6.92 Å². The van der Waals surface area contributed by atoms with Crippen molar-refractivity contribution in [2.75, 3.05) is 0 Å². The van der Waals surface area contributed by atoms with Gasteiger partial charge in [0.1, 0.15) is 0 Å². The highest BCUT2D eigenvalue weighted by Crippen LogP contribution is 2.05. The summed E-state index contributed by atoms with van der Waals surface area (Å²) in [6.45, 7) is 6.01. The summed E-state index contributed by atoms with van der Waals surface area (Å²) < 4.78 is 0. The van der Waals surface area contributed by atoms with Crippen LogP contribution in [0.2, 0.25) is 0 Å². The SMILES string of the molecule is CC.Cc1ccc(CCC(=O)O)cc1. The number of hydrogen-bond donors (Lipinski definition) is 1. The van der Waals surface area contributed by atoms with E-state index in [-0.39, 0.29) is 6.42 Å². The van der Waals surface area contributed by atoms with Gasteiger partial charge in [0.2, 0.25) is 0 Å². The zero-order valence-corrected chi connectivity index (χ0v) is 9.08. The molecule has 0 aromatic heterocycles. The van der Waals surface area contributed by atoms with Crippen molar-refractivity contribution in [2.24, 2.45) is 0 Å². The highest BCUT2D eigenvalue weighted by atomic mass is 16.4. The molecular weight excluding hydrogens is 176 g/mol. The molecule has 0 amide bonds. The first-order chi connectivity index (χ1) is 6.68. The summed E-state index contributed by atoms with van der Waals surface area (Å²) in [4.78, 5) is 10.2. The Labute approximate surface area is 85.6 Å². The molecule has 0 spiro atoms. The lowest BCUT2D eigenvalue weighted by molar-refractivity contribution is -0.136. The van der Waals surface area contributed by atoms with E-state index in [1.54, 1.807) is 0 Å². The van der Waals surface area contributed by atoms with E-state index in [9.17, 15) is 4.79 Å². The molecule has 2 heteroatoms. The van der Waals surface area contributed by atoms with Gasteiger partial charge in [-0.2, -0.15) is 0 Å². The van der Waals surface area contributed by atoms with Gasteiger partial charge in [0.15, 0.2) is 0 Å². The van der Waals surface area contributed by atoms with Crippen molar-refractivity contribution in [3.05, 3.63) is 35.4 Å². The van der Waals surface area contributed by atoms with Crippen LogP contribution in [-0.4, -0.2) is 11.1 Å². The Kier molecular flexibility index (Phi) is 6.46. The zero-order chi connectivity index (χ0) is 11.0. The second-order valence-electron chi connectivity index (χ2n) is 2.88. The summed E-state index contributed by atoms with van der Waals surface area (Å²) >= 11 is 0. The summed E-state index contributed by atoms with van der Waals surface area (Å²) in [7, 11) is 0. The van der Waals surface area contributed by atoms with E-state index in [1.165, 1.54) is 5.56 Å². The lowest BCUT2D eigenvalue weighted by atomic mass is 10.1. The number of aliphatic carboxylic acids is 1. The van der Waals surface area contributed by atoms with E-state index in [0.29, 0.717) is 6.42 Å². The van der Waals surface area contributed by atoms with Gasteiger partial charge in [0, 0.05) is 6.42 Å². The third-order valence-corrected chi connectivity index (χ3v) is 1.75. The lowest BCUT2D eigenvalue weighted by Gasteiger charge is -1.98. The number of hydrogen-bond acceptors (Lipinski definition) is 1. The minimum absolute atomic E-state index is 0.211. The summed E-state index contributed by atoms with van der Waals surface area (Å²) in [6.07, 6.45) is 0.832. The Balaban J connectivity index is 0.000000791. The second kappa shape index (κ2) is 7.13. The molecule has 0 heterocycles. The Morgan fingerprint density at radius 1 is 1.21 bits per heavy atom. The first kappa shape index (κ1) is 12.7. The van der Waals surface area contributed by atoms with Crippen molar-refractivity contribution in [3.63, 3.8) is 0 Å². The Morgan fingerprint density at radius 3 is 2.14 bits per heavy atom. The molecule has 0 saturated heterocycles. The minimum Gasteiger partial charge on any atom is -0.481 e. The predicted octanol–water partition coefficient (Wildman–Crippen LogP) is 3.04. The smallest absolute Gasteiger partial charge is 0.303 e. The third-order valence-electron chi connectivity index (χ3n) is 1.75. The fourth-order valence-electron chi connectivity index (χ4n) is 1.01. The van der Waals surface area contributed by atoms with Gasteiger partial charge in [-0.15, -0.1) is 0 Å². The molecule has 1 N–H and O–H groups in total. The largest absolute Gasteiger partial charge is 0.481 e. The number of carboxylic acid groups (broad SMARTS) is 1. The average Bonchev–Trinajstić information content (AvgIpc) is 2.20. The standard InChI is InChI=1S/C10H12O2.C2H6/c1-8-2-4-9(5-3-8)6-7-10(11)12;1-2/h2-5H,6-7H2,1H3,(H,11,12);1-2H3. The summed E-state index contributed by atoms with van der Waals surface area (Å²) in [5, 5.41) is 8.43. The van der Waals surface area contributed by atoms with Crippen LogP contribution in [0.4, 0.5) is 0 Å². The topological polar surface area (TPSA) is 37.3 Å². The second-order valence-corrected chi connectivity index (χ2v) is 2.88. The molecule has 14 heavy (non-hydrogen) atoms. The maximum Gasteiger partial charge on any atom is 0.303 e. The van der Waals surface area contributed by atoms with Crippen molar-refractivity contribution < 1.29 is 9.90 Å². The van der Waals surface area contributed by atoms with Gasteiger partial charge in [-0.25, -0.2) is 0 Å². The van der Waals surface area contributed by atoms with Crippen LogP contribution in [0.3, 0.4) is 0 Å². The lowest BCUT2D eigenvalue weighted by Crippen LogP contribution is -1.97. The number of carboxylic acids is 1. The molecule has 1 rings (SSSR count). The summed E-state index contributed by atoms with van der Waals surface area (Å²) in [6, 6.07) is 7.94. The predicted molar refractivity (Wildman–Crippen MR) is 58.5 cm³/mol. The van der Waals surface area contributed by atoms with E-state index < -0.39 is 5.97 Å². The molecule has 0 saturated carbocycles. The first-order valence-corrected chi connectivity index (χ1v) is 4.96. The van der Waals surface area contributed by atoms with Gasteiger partial charge in [0.25, 0.3) is 0 Å². The maximum absolute atomic E-state index is 10.2. The molecule has 0 fully saturated rings. The highest BCUT2D eigenvalue weighted by Gasteiger charge is 1.97. The van der Waals surface area contributed by atoms with Gasteiger partial charge in [-0.05, 0) is 18.9 Å². The fraction of sp³-hybridized carbons (Fsp3) is 0.417. The molecule has 1 aromatic carbocycles. The van der Waals surface area contributed by atoms with Crippen LogP contribution >= 0.6 is 0 Å². The first-order valence-electron chi connectivity index (χ1n) is 4.96. The molecule has 2 nitrogen and oxygen atoms in total. The molecule has 0 aliphatic rings. The Bertz CT molecular complexity index is 262. The molecule has 0 bridgehead atoms. The molecule has 0 radical (unpaired) electrons. The summed E-state index contributed by atoms with van der Waals surface area (Å²) in [5.41, 5.74) is 2.29. The molecule has 1 aromatic rings. The number of rotatable bonds is 3. The zero-order valence-electron chi connectivity index (χ0n) is 9.08. The molecule has 78 valence electrons. The van der Waals surface area contributed by atoms with Gasteiger partial charge in [-0.3, -0.25) is 4.79 Å². The van der Waals surface area contributed by atoms with E-state index in [1.807, 2.05) is 45.0 Å². The van der Waals surface area contributed by atoms with Gasteiger partial charge in [0.05, 0.1) is 0 Å². The van der Waals surface area contributed by atoms with E-state index in [0.717, 1.165) is 5.56 Å². The normalized spacial score (nSPS) is 8.79. The van der Waals surface area contributed by atoms with Crippen molar-refractivity contribution in [3.8, 4) is 0 Å². The highest BCUT2D eigenvalue weighted by molar-refractivity contribution is 5.67. The van der Waals surface area contributed by atoms with Crippen LogP contribution in [0.15, 0.2) is 24.3 Å². The van der Waals surface area contributed by atoms with Crippen LogP contribution in [0.1, 0.15) is 31.4 Å². The Morgan fingerprint density at radius 2 is 1.71 bits per heavy atom. The van der Waals surface area contributed by atoms with Crippen LogP contribution < -0.4 is 0 Å². The third kappa shape index (κ3) is 5.36. The van der Waals surface area contributed by atoms with Crippen LogP contribution in [-0.2, 0) is 11.2 Å². The number of carbonyl (C=O) groups is 1. The minimum atomic E-state index is -0.740. The Hall–Kier alpha value is -1.31. The van der Waals surface area contributed by atoms with Crippen LogP contribution in [0.25, 0.3) is 0 Å². The molecule has 0 aliphatic heterocycles. The van der Waals surface area contributed by atoms with E-state index in [2.05, 4.69) is 0 Å². The van der Waals surface area contributed by atoms with E-state index in [4.69, 9.17) is 5.11 Å². The quantitative estimate of drug-likeness (QED) is 0.803. The molecule has 0 aliphatic carbocycles. The molecule has 0 atom stereocenters. The maximum atomic E-state index is 10.2. The number of aryl methyl sites for hydroxylation is 2. The van der Waals surface area contributed by atoms with Gasteiger partial charge >= 0.3 is 5.97 Å². The van der Waals surface area contributed by atoms with Crippen molar-refractivity contribution in [1.29, 1.82) is 0 Å².